The number of hydrogen-bond donors (Lipinski definition) is 1. The second-order valence-corrected chi connectivity index (χ2v) is 6.35. The molecule has 2 fully saturated rings. The normalized spacial score (nSPS) is 32.2. The van der Waals surface area contributed by atoms with E-state index in [9.17, 15) is 0 Å². The van der Waals surface area contributed by atoms with Crippen LogP contribution in [0.3, 0.4) is 0 Å². The summed E-state index contributed by atoms with van der Waals surface area (Å²) < 4.78 is 0. The number of hydrogen-bond acceptors (Lipinski definition) is 3. The van der Waals surface area contributed by atoms with Crippen molar-refractivity contribution in [3.63, 3.8) is 0 Å². The van der Waals surface area contributed by atoms with Gasteiger partial charge in [-0.1, -0.05) is 6.92 Å². The number of nitrogens with two attached hydrogens (primary N) is 1. The summed E-state index contributed by atoms with van der Waals surface area (Å²) in [4.78, 5) is 5.28. The van der Waals surface area contributed by atoms with Gasteiger partial charge in [-0.25, -0.2) is 0 Å². The summed E-state index contributed by atoms with van der Waals surface area (Å²) in [7, 11) is 2.31. The minimum Gasteiger partial charge on any atom is -0.328 e. The van der Waals surface area contributed by atoms with Gasteiger partial charge in [0.25, 0.3) is 0 Å². The van der Waals surface area contributed by atoms with Crippen LogP contribution >= 0.6 is 0 Å². The van der Waals surface area contributed by atoms with Crippen LogP contribution < -0.4 is 5.73 Å². The molecule has 0 aliphatic carbocycles. The third kappa shape index (κ3) is 3.69. The molecule has 3 atom stereocenters. The van der Waals surface area contributed by atoms with Crippen LogP contribution in [0.15, 0.2) is 0 Å². The third-order valence-electron chi connectivity index (χ3n) is 5.00. The number of nitrogens with zero attached hydrogens (tertiary/aromatic N) is 2. The summed E-state index contributed by atoms with van der Waals surface area (Å²) >= 11 is 0. The van der Waals surface area contributed by atoms with E-state index in [1.807, 2.05) is 0 Å². The molecule has 0 amide bonds. The van der Waals surface area contributed by atoms with Crippen LogP contribution in [-0.4, -0.2) is 55.1 Å². The van der Waals surface area contributed by atoms with Crippen molar-refractivity contribution in [3.05, 3.63) is 0 Å². The maximum Gasteiger partial charge on any atom is 0.0145 e. The Morgan fingerprint density at radius 3 is 2.89 bits per heavy atom. The Hall–Kier alpha value is -0.120. The zero-order chi connectivity index (χ0) is 13.0. The van der Waals surface area contributed by atoms with Gasteiger partial charge in [-0.05, 0) is 71.1 Å². The van der Waals surface area contributed by atoms with Crippen molar-refractivity contribution in [1.82, 2.24) is 9.80 Å². The molecule has 106 valence electrons. The molecule has 0 aromatic rings. The summed E-state index contributed by atoms with van der Waals surface area (Å²) in [5.41, 5.74) is 5.99. The largest absolute Gasteiger partial charge is 0.328 e. The molecule has 2 aliphatic rings. The van der Waals surface area contributed by atoms with Gasteiger partial charge in [0.15, 0.2) is 0 Å². The fourth-order valence-electron chi connectivity index (χ4n) is 3.71. The lowest BCUT2D eigenvalue weighted by atomic mass is 9.84. The molecule has 2 N–H and O–H groups in total. The van der Waals surface area contributed by atoms with E-state index in [4.69, 9.17) is 5.73 Å². The van der Waals surface area contributed by atoms with Crippen LogP contribution in [-0.2, 0) is 0 Å². The van der Waals surface area contributed by atoms with Gasteiger partial charge in [-0.15, -0.1) is 0 Å². The van der Waals surface area contributed by atoms with Crippen LogP contribution in [0.4, 0.5) is 0 Å². The minimum absolute atomic E-state index is 0.420. The van der Waals surface area contributed by atoms with Crippen molar-refractivity contribution < 1.29 is 0 Å². The number of likely N-dealkylation sites (tertiary alicyclic amines) is 2. The van der Waals surface area contributed by atoms with Gasteiger partial charge in [0.2, 0.25) is 0 Å². The molecule has 0 aromatic carbocycles. The van der Waals surface area contributed by atoms with Crippen molar-refractivity contribution in [1.29, 1.82) is 0 Å². The highest BCUT2D eigenvalue weighted by molar-refractivity contribution is 4.89. The van der Waals surface area contributed by atoms with E-state index >= 15 is 0 Å². The van der Waals surface area contributed by atoms with Crippen molar-refractivity contribution in [3.8, 4) is 0 Å². The molecule has 3 heteroatoms. The summed E-state index contributed by atoms with van der Waals surface area (Å²) in [5, 5.41) is 0. The van der Waals surface area contributed by atoms with Gasteiger partial charge in [-0.3, -0.25) is 0 Å². The molecule has 0 aromatic heterocycles. The molecule has 0 spiro atoms. The Bertz CT molecular complexity index is 244. The van der Waals surface area contributed by atoms with Gasteiger partial charge in [-0.2, -0.15) is 0 Å². The topological polar surface area (TPSA) is 32.5 Å². The molecule has 3 unspecified atom stereocenters. The summed E-state index contributed by atoms with van der Waals surface area (Å²) in [6.45, 7) is 7.39. The maximum atomic E-state index is 5.99. The number of piperidine rings is 2. The second kappa shape index (κ2) is 6.88. The van der Waals surface area contributed by atoms with Crippen LogP contribution in [0.1, 0.15) is 45.4 Å². The zero-order valence-electron chi connectivity index (χ0n) is 12.3. The molecule has 2 aliphatic heterocycles. The molecule has 3 nitrogen and oxygen atoms in total. The standard InChI is InChI=1S/C15H31N3/c1-3-14(16)7-5-10-18-11-8-15-13(12-18)6-4-9-17(15)2/h13-15H,3-12,16H2,1-2H3. The van der Waals surface area contributed by atoms with E-state index in [2.05, 4.69) is 23.8 Å². The van der Waals surface area contributed by atoms with Crippen molar-refractivity contribution in [2.45, 2.75) is 57.5 Å². The van der Waals surface area contributed by atoms with Gasteiger partial charge in [0.05, 0.1) is 0 Å². The van der Waals surface area contributed by atoms with E-state index in [0.29, 0.717) is 6.04 Å². The molecule has 0 radical (unpaired) electrons. The molecule has 2 heterocycles. The van der Waals surface area contributed by atoms with Crippen molar-refractivity contribution >= 4 is 0 Å². The molecule has 2 saturated heterocycles. The Labute approximate surface area is 113 Å². The first kappa shape index (κ1) is 14.3. The summed E-state index contributed by atoms with van der Waals surface area (Å²) in [5.74, 6) is 0.928. The number of rotatable bonds is 5. The average Bonchev–Trinajstić information content (AvgIpc) is 2.38. The Morgan fingerprint density at radius 2 is 2.11 bits per heavy atom. The van der Waals surface area contributed by atoms with Gasteiger partial charge in [0, 0.05) is 18.6 Å². The third-order valence-corrected chi connectivity index (χ3v) is 5.00. The van der Waals surface area contributed by atoms with Crippen LogP contribution in [0.25, 0.3) is 0 Å². The van der Waals surface area contributed by atoms with Crippen LogP contribution in [0.2, 0.25) is 0 Å². The highest BCUT2D eigenvalue weighted by Gasteiger charge is 2.33. The van der Waals surface area contributed by atoms with Gasteiger partial charge in [0.1, 0.15) is 0 Å². The Balaban J connectivity index is 1.70. The Morgan fingerprint density at radius 1 is 1.28 bits per heavy atom. The van der Waals surface area contributed by atoms with Crippen molar-refractivity contribution in [2.24, 2.45) is 11.7 Å². The van der Waals surface area contributed by atoms with Gasteiger partial charge < -0.3 is 15.5 Å². The Kier molecular flexibility index (Phi) is 5.46. The lowest BCUT2D eigenvalue weighted by Gasteiger charge is -2.46. The zero-order valence-corrected chi connectivity index (χ0v) is 12.3. The molecular weight excluding hydrogens is 222 g/mol. The maximum absolute atomic E-state index is 5.99. The van der Waals surface area contributed by atoms with Crippen LogP contribution in [0.5, 0.6) is 0 Å². The van der Waals surface area contributed by atoms with Crippen LogP contribution in [0, 0.1) is 5.92 Å². The molecular formula is C15H31N3. The lowest BCUT2D eigenvalue weighted by molar-refractivity contribution is 0.0379. The predicted octanol–water partition coefficient (Wildman–Crippen LogP) is 1.92. The summed E-state index contributed by atoms with van der Waals surface area (Å²) in [6.07, 6.45) is 7.81. The molecule has 0 bridgehead atoms. The lowest BCUT2D eigenvalue weighted by Crippen LogP contribution is -2.52. The van der Waals surface area contributed by atoms with E-state index in [1.54, 1.807) is 0 Å². The van der Waals surface area contributed by atoms with E-state index < -0.39 is 0 Å². The second-order valence-electron chi connectivity index (χ2n) is 6.35. The molecule has 18 heavy (non-hydrogen) atoms. The minimum atomic E-state index is 0.420. The first-order chi connectivity index (χ1) is 8.70. The molecule has 0 saturated carbocycles. The first-order valence-corrected chi connectivity index (χ1v) is 7.89. The predicted molar refractivity (Wildman–Crippen MR) is 77.7 cm³/mol. The monoisotopic (exact) mass is 253 g/mol. The molecule has 2 rings (SSSR count). The van der Waals surface area contributed by atoms with Crippen molar-refractivity contribution in [2.75, 3.05) is 33.2 Å². The SMILES string of the molecule is CCC(N)CCCN1CCC2C(CCCN2C)C1. The highest BCUT2D eigenvalue weighted by Crippen LogP contribution is 2.29. The average molecular weight is 253 g/mol. The highest BCUT2D eigenvalue weighted by atomic mass is 15.2. The van der Waals surface area contributed by atoms with E-state index in [1.165, 1.54) is 58.3 Å². The van der Waals surface area contributed by atoms with E-state index in [-0.39, 0.29) is 0 Å². The smallest absolute Gasteiger partial charge is 0.0145 e. The first-order valence-electron chi connectivity index (χ1n) is 7.89. The fourth-order valence-corrected chi connectivity index (χ4v) is 3.71. The van der Waals surface area contributed by atoms with E-state index in [0.717, 1.165) is 18.4 Å². The summed E-state index contributed by atoms with van der Waals surface area (Å²) in [6, 6.07) is 1.29. The fraction of sp³-hybridized carbons (Fsp3) is 1.00. The van der Waals surface area contributed by atoms with Gasteiger partial charge >= 0.3 is 0 Å². The number of fused-ring (bicyclic) bond motifs is 1. The quantitative estimate of drug-likeness (QED) is 0.812.